The molecule has 0 aliphatic carbocycles. The Labute approximate surface area is 130 Å². The first-order valence-electron chi connectivity index (χ1n) is 6.99. The van der Waals surface area contributed by atoms with Crippen molar-refractivity contribution in [1.82, 2.24) is 9.71 Å². The fraction of sp³-hybridized carbons (Fsp3) is 0.615. The lowest BCUT2D eigenvalue weighted by atomic mass is 10.0. The molecule has 0 spiro atoms. The summed E-state index contributed by atoms with van der Waals surface area (Å²) in [5.74, 6) is 0.806. The second-order valence-corrected chi connectivity index (χ2v) is 7.11. The summed E-state index contributed by atoms with van der Waals surface area (Å²) in [5, 5.41) is 3.26. The van der Waals surface area contributed by atoms with Crippen LogP contribution in [-0.4, -0.2) is 39.7 Å². The Morgan fingerprint density at radius 2 is 2.14 bits per heavy atom. The Kier molecular flexibility index (Phi) is 5.80. The van der Waals surface area contributed by atoms with Crippen LogP contribution in [0.5, 0.6) is 0 Å². The minimum Gasteiger partial charge on any atom is -0.381 e. The Balaban J connectivity index is 2.03. The van der Waals surface area contributed by atoms with Gasteiger partial charge in [0, 0.05) is 32.5 Å². The van der Waals surface area contributed by atoms with Gasteiger partial charge in [-0.3, -0.25) is 0 Å². The van der Waals surface area contributed by atoms with Crippen molar-refractivity contribution < 1.29 is 13.2 Å². The molecule has 0 amide bonds. The molecule has 1 fully saturated rings. The average molecular weight is 334 g/mol. The standard InChI is InChI=1S/C13H20ClN3O3S/c1-2-15-13-12(14)7-11(9-16-13)21(18,19)17-8-10-3-5-20-6-4-10/h7,9-10,17H,2-6,8H2,1H3,(H,15,16). The van der Waals surface area contributed by atoms with Gasteiger partial charge in [-0.25, -0.2) is 18.1 Å². The first-order chi connectivity index (χ1) is 10.0. The summed E-state index contributed by atoms with van der Waals surface area (Å²) < 4.78 is 32.3. The van der Waals surface area contributed by atoms with Crippen molar-refractivity contribution in [3.63, 3.8) is 0 Å². The van der Waals surface area contributed by atoms with E-state index >= 15 is 0 Å². The largest absolute Gasteiger partial charge is 0.381 e. The molecule has 1 aromatic heterocycles. The SMILES string of the molecule is CCNc1ncc(S(=O)(=O)NCC2CCOCC2)cc1Cl. The maximum absolute atomic E-state index is 12.2. The van der Waals surface area contributed by atoms with Gasteiger partial charge in [0.25, 0.3) is 0 Å². The van der Waals surface area contributed by atoms with Crippen LogP contribution in [0.25, 0.3) is 0 Å². The summed E-state index contributed by atoms with van der Waals surface area (Å²) in [4.78, 5) is 4.13. The van der Waals surface area contributed by atoms with Crippen LogP contribution in [0.2, 0.25) is 5.02 Å². The van der Waals surface area contributed by atoms with Gasteiger partial charge in [0.2, 0.25) is 10.0 Å². The van der Waals surface area contributed by atoms with E-state index in [4.69, 9.17) is 16.3 Å². The number of pyridine rings is 1. The van der Waals surface area contributed by atoms with E-state index in [1.807, 2.05) is 6.92 Å². The number of anilines is 1. The molecule has 2 N–H and O–H groups in total. The van der Waals surface area contributed by atoms with Crippen molar-refractivity contribution in [1.29, 1.82) is 0 Å². The normalized spacial score (nSPS) is 16.9. The first kappa shape index (κ1) is 16.5. The van der Waals surface area contributed by atoms with Gasteiger partial charge in [-0.05, 0) is 31.7 Å². The zero-order chi connectivity index (χ0) is 15.3. The van der Waals surface area contributed by atoms with Crippen molar-refractivity contribution in [2.24, 2.45) is 5.92 Å². The van der Waals surface area contributed by atoms with Crippen molar-refractivity contribution in [2.45, 2.75) is 24.7 Å². The van der Waals surface area contributed by atoms with Crippen LogP contribution in [0, 0.1) is 5.92 Å². The Morgan fingerprint density at radius 1 is 1.43 bits per heavy atom. The fourth-order valence-corrected chi connectivity index (χ4v) is 3.51. The molecular formula is C13H20ClN3O3S. The molecule has 1 aliphatic rings. The summed E-state index contributed by atoms with van der Waals surface area (Å²) in [5.41, 5.74) is 0. The zero-order valence-corrected chi connectivity index (χ0v) is 13.5. The summed E-state index contributed by atoms with van der Waals surface area (Å²) >= 11 is 6.03. The third-order valence-corrected chi connectivity index (χ3v) is 5.05. The highest BCUT2D eigenvalue weighted by Gasteiger charge is 2.20. The predicted octanol–water partition coefficient (Wildman–Crippen LogP) is 1.87. The van der Waals surface area contributed by atoms with Crippen LogP contribution in [0.3, 0.4) is 0 Å². The highest BCUT2D eigenvalue weighted by molar-refractivity contribution is 7.89. The number of nitrogens with one attached hydrogen (secondary N) is 2. The van der Waals surface area contributed by atoms with E-state index in [0.29, 0.717) is 43.1 Å². The van der Waals surface area contributed by atoms with E-state index in [-0.39, 0.29) is 4.90 Å². The van der Waals surface area contributed by atoms with E-state index in [9.17, 15) is 8.42 Å². The second-order valence-electron chi connectivity index (χ2n) is 4.94. The number of halogens is 1. The fourth-order valence-electron chi connectivity index (χ4n) is 2.13. The Bertz CT molecular complexity index is 574. The molecule has 0 atom stereocenters. The molecule has 118 valence electrons. The minimum atomic E-state index is -3.58. The topological polar surface area (TPSA) is 80.3 Å². The predicted molar refractivity (Wildman–Crippen MR) is 82.1 cm³/mol. The second kappa shape index (κ2) is 7.40. The van der Waals surface area contributed by atoms with E-state index in [2.05, 4.69) is 15.0 Å². The van der Waals surface area contributed by atoms with Gasteiger partial charge in [-0.15, -0.1) is 0 Å². The lowest BCUT2D eigenvalue weighted by Gasteiger charge is -2.22. The van der Waals surface area contributed by atoms with Crippen molar-refractivity contribution in [2.75, 3.05) is 31.6 Å². The maximum Gasteiger partial charge on any atom is 0.242 e. The molecule has 1 aromatic rings. The molecule has 6 nitrogen and oxygen atoms in total. The average Bonchev–Trinajstić information content (AvgIpc) is 2.48. The van der Waals surface area contributed by atoms with Gasteiger partial charge in [0.05, 0.1) is 5.02 Å². The van der Waals surface area contributed by atoms with E-state index in [1.54, 1.807) is 0 Å². The molecule has 8 heteroatoms. The number of ether oxygens (including phenoxy) is 1. The van der Waals surface area contributed by atoms with Gasteiger partial charge < -0.3 is 10.1 Å². The van der Waals surface area contributed by atoms with Crippen LogP contribution in [0.15, 0.2) is 17.2 Å². The molecular weight excluding hydrogens is 314 g/mol. The summed E-state index contributed by atoms with van der Waals surface area (Å²) in [7, 11) is -3.58. The van der Waals surface area contributed by atoms with Crippen LogP contribution in [0.1, 0.15) is 19.8 Å². The number of rotatable bonds is 6. The molecule has 0 saturated carbocycles. The van der Waals surface area contributed by atoms with Gasteiger partial charge in [-0.1, -0.05) is 11.6 Å². The zero-order valence-electron chi connectivity index (χ0n) is 11.9. The molecule has 0 unspecified atom stereocenters. The number of aromatic nitrogens is 1. The van der Waals surface area contributed by atoms with Gasteiger partial charge >= 0.3 is 0 Å². The highest BCUT2D eigenvalue weighted by atomic mass is 35.5. The Hall–Kier alpha value is -0.890. The van der Waals surface area contributed by atoms with Gasteiger partial charge in [0.15, 0.2) is 0 Å². The smallest absolute Gasteiger partial charge is 0.242 e. The first-order valence-corrected chi connectivity index (χ1v) is 8.86. The van der Waals surface area contributed by atoms with E-state index in [0.717, 1.165) is 12.8 Å². The molecule has 1 saturated heterocycles. The van der Waals surface area contributed by atoms with Crippen molar-refractivity contribution in [3.8, 4) is 0 Å². The monoisotopic (exact) mass is 333 g/mol. The Morgan fingerprint density at radius 3 is 2.76 bits per heavy atom. The van der Waals surface area contributed by atoms with Gasteiger partial charge in [-0.2, -0.15) is 0 Å². The lowest BCUT2D eigenvalue weighted by molar-refractivity contribution is 0.0678. The van der Waals surface area contributed by atoms with Gasteiger partial charge in [0.1, 0.15) is 10.7 Å². The summed E-state index contributed by atoms with van der Waals surface area (Å²) in [6.45, 7) is 4.38. The molecule has 2 heterocycles. The minimum absolute atomic E-state index is 0.0845. The quantitative estimate of drug-likeness (QED) is 0.830. The summed E-state index contributed by atoms with van der Waals surface area (Å²) in [6, 6.07) is 1.42. The van der Waals surface area contributed by atoms with Crippen LogP contribution >= 0.6 is 11.6 Å². The third-order valence-electron chi connectivity index (χ3n) is 3.37. The van der Waals surface area contributed by atoms with Crippen LogP contribution < -0.4 is 10.0 Å². The lowest BCUT2D eigenvalue weighted by Crippen LogP contribution is -2.32. The molecule has 21 heavy (non-hydrogen) atoms. The van der Waals surface area contributed by atoms with E-state index < -0.39 is 10.0 Å². The molecule has 2 rings (SSSR count). The highest BCUT2D eigenvalue weighted by Crippen LogP contribution is 2.22. The van der Waals surface area contributed by atoms with Crippen LogP contribution in [0.4, 0.5) is 5.82 Å². The van der Waals surface area contributed by atoms with E-state index in [1.165, 1.54) is 12.3 Å². The molecule has 0 aromatic carbocycles. The number of nitrogens with zero attached hydrogens (tertiary/aromatic N) is 1. The summed E-state index contributed by atoms with van der Waals surface area (Å²) in [6.07, 6.45) is 3.07. The molecule has 0 bridgehead atoms. The molecule has 0 radical (unpaired) electrons. The van der Waals surface area contributed by atoms with Crippen molar-refractivity contribution in [3.05, 3.63) is 17.3 Å². The molecule has 1 aliphatic heterocycles. The maximum atomic E-state index is 12.2. The number of sulfonamides is 1. The number of hydrogen-bond donors (Lipinski definition) is 2. The van der Waals surface area contributed by atoms with Crippen LogP contribution in [-0.2, 0) is 14.8 Å². The third kappa shape index (κ3) is 4.54. The number of hydrogen-bond acceptors (Lipinski definition) is 5. The van der Waals surface area contributed by atoms with Crippen molar-refractivity contribution >= 4 is 27.4 Å².